The van der Waals surface area contributed by atoms with Gasteiger partial charge in [-0.05, 0) is 49.4 Å². The van der Waals surface area contributed by atoms with Crippen LogP contribution in [0.2, 0.25) is 0 Å². The van der Waals surface area contributed by atoms with Crippen LogP contribution in [0.25, 0.3) is 0 Å². The summed E-state index contributed by atoms with van der Waals surface area (Å²) in [6.45, 7) is -0.0169. The minimum Gasteiger partial charge on any atom is -0.484 e. The molecule has 1 aromatic carbocycles. The van der Waals surface area contributed by atoms with Gasteiger partial charge in [-0.15, -0.1) is 0 Å². The Morgan fingerprint density at radius 1 is 1.21 bits per heavy atom. The van der Waals surface area contributed by atoms with E-state index in [-0.39, 0.29) is 24.5 Å². The van der Waals surface area contributed by atoms with Gasteiger partial charge in [-0.2, -0.15) is 0 Å². The quantitative estimate of drug-likeness (QED) is 0.767. The Balaban J connectivity index is 1.50. The largest absolute Gasteiger partial charge is 0.484 e. The van der Waals surface area contributed by atoms with Crippen LogP contribution in [0.4, 0.5) is 5.69 Å². The van der Waals surface area contributed by atoms with Crippen LogP contribution in [0.5, 0.6) is 5.75 Å². The lowest BCUT2D eigenvalue weighted by atomic mass is 9.85. The molecule has 1 heterocycles. The summed E-state index contributed by atoms with van der Waals surface area (Å²) in [4.78, 5) is 23.6. The van der Waals surface area contributed by atoms with E-state index in [0.717, 1.165) is 12.1 Å². The Morgan fingerprint density at radius 3 is 2.67 bits per heavy atom. The number of hydrogen-bond donors (Lipinski definition) is 3. The van der Waals surface area contributed by atoms with Crippen molar-refractivity contribution in [3.8, 4) is 5.75 Å². The first-order chi connectivity index (χ1) is 11.7. The SMILES string of the molecule is CNC(=O)COc1ccc(NC(=O)C2CC3CCCCC3N2)cc1. The third kappa shape index (κ3) is 4.06. The van der Waals surface area contributed by atoms with Gasteiger partial charge in [0.05, 0.1) is 6.04 Å². The number of likely N-dealkylation sites (N-methyl/N-ethyl adjacent to an activating group) is 1. The highest BCUT2D eigenvalue weighted by atomic mass is 16.5. The number of carbonyl (C=O) groups excluding carboxylic acids is 2. The summed E-state index contributed by atoms with van der Waals surface area (Å²) in [5, 5.41) is 8.94. The Hall–Kier alpha value is -2.08. The minimum absolute atomic E-state index is 0.0169. The van der Waals surface area contributed by atoms with Crippen molar-refractivity contribution in [2.75, 3.05) is 19.0 Å². The van der Waals surface area contributed by atoms with E-state index in [1.54, 1.807) is 31.3 Å². The van der Waals surface area contributed by atoms with Gasteiger partial charge in [0.1, 0.15) is 5.75 Å². The number of fused-ring (bicyclic) bond motifs is 1. The van der Waals surface area contributed by atoms with Crippen molar-refractivity contribution < 1.29 is 14.3 Å². The van der Waals surface area contributed by atoms with Gasteiger partial charge >= 0.3 is 0 Å². The molecule has 3 N–H and O–H groups in total. The van der Waals surface area contributed by atoms with Crippen LogP contribution in [-0.4, -0.2) is 37.6 Å². The molecule has 2 amide bonds. The van der Waals surface area contributed by atoms with Crippen LogP contribution in [0.3, 0.4) is 0 Å². The second kappa shape index (κ2) is 7.66. The van der Waals surface area contributed by atoms with Gasteiger partial charge in [0.2, 0.25) is 5.91 Å². The first-order valence-corrected chi connectivity index (χ1v) is 8.66. The van der Waals surface area contributed by atoms with Crippen LogP contribution in [0, 0.1) is 5.92 Å². The van der Waals surface area contributed by atoms with Crippen molar-refractivity contribution in [3.05, 3.63) is 24.3 Å². The van der Waals surface area contributed by atoms with Crippen LogP contribution in [-0.2, 0) is 9.59 Å². The fraction of sp³-hybridized carbons (Fsp3) is 0.556. The fourth-order valence-corrected chi connectivity index (χ4v) is 3.61. The number of anilines is 1. The summed E-state index contributed by atoms with van der Waals surface area (Å²) in [5.41, 5.74) is 0.740. The monoisotopic (exact) mass is 331 g/mol. The van der Waals surface area contributed by atoms with Crippen LogP contribution in [0.15, 0.2) is 24.3 Å². The molecule has 0 spiro atoms. The zero-order valence-electron chi connectivity index (χ0n) is 14.0. The number of benzene rings is 1. The van der Waals surface area contributed by atoms with Gasteiger partial charge in [0.25, 0.3) is 5.91 Å². The number of ether oxygens (including phenoxy) is 1. The summed E-state index contributed by atoms with van der Waals surface area (Å²) in [5.74, 6) is 1.10. The van der Waals surface area contributed by atoms with E-state index < -0.39 is 0 Å². The molecule has 6 nitrogen and oxygen atoms in total. The molecular weight excluding hydrogens is 306 g/mol. The molecule has 1 aromatic rings. The predicted molar refractivity (Wildman–Crippen MR) is 91.9 cm³/mol. The molecule has 1 saturated carbocycles. The second-order valence-electron chi connectivity index (χ2n) is 6.58. The van der Waals surface area contributed by atoms with E-state index in [0.29, 0.717) is 17.7 Å². The van der Waals surface area contributed by atoms with Crippen molar-refractivity contribution >= 4 is 17.5 Å². The molecule has 130 valence electrons. The molecule has 3 rings (SSSR count). The lowest BCUT2D eigenvalue weighted by molar-refractivity contribution is -0.122. The van der Waals surface area contributed by atoms with E-state index in [1.807, 2.05) is 0 Å². The maximum Gasteiger partial charge on any atom is 0.257 e. The molecule has 0 bridgehead atoms. The first-order valence-electron chi connectivity index (χ1n) is 8.66. The van der Waals surface area contributed by atoms with Crippen molar-refractivity contribution in [2.24, 2.45) is 5.92 Å². The summed E-state index contributed by atoms with van der Waals surface area (Å²) < 4.78 is 5.35. The molecule has 24 heavy (non-hydrogen) atoms. The average Bonchev–Trinajstić information content (AvgIpc) is 3.05. The third-order valence-electron chi connectivity index (χ3n) is 4.95. The standard InChI is InChI=1S/C18H25N3O3/c1-19-17(22)11-24-14-8-6-13(7-9-14)20-18(23)16-10-12-4-2-3-5-15(12)21-16/h6-9,12,15-16,21H,2-5,10-11H2,1H3,(H,19,22)(H,20,23). The maximum atomic E-state index is 12.4. The average molecular weight is 331 g/mol. The fourth-order valence-electron chi connectivity index (χ4n) is 3.61. The van der Waals surface area contributed by atoms with Gasteiger partial charge in [-0.1, -0.05) is 12.8 Å². The topological polar surface area (TPSA) is 79.5 Å². The molecule has 2 fully saturated rings. The smallest absolute Gasteiger partial charge is 0.257 e. The third-order valence-corrected chi connectivity index (χ3v) is 4.95. The van der Waals surface area contributed by atoms with Gasteiger partial charge in [-0.3, -0.25) is 9.59 Å². The molecule has 0 aromatic heterocycles. The number of hydrogen-bond acceptors (Lipinski definition) is 4. The van der Waals surface area contributed by atoms with Crippen LogP contribution in [0.1, 0.15) is 32.1 Å². The van der Waals surface area contributed by atoms with E-state index >= 15 is 0 Å². The number of rotatable bonds is 5. The molecule has 6 heteroatoms. The van der Waals surface area contributed by atoms with Gasteiger partial charge in [0, 0.05) is 18.8 Å². The van der Waals surface area contributed by atoms with Crippen molar-refractivity contribution in [1.29, 1.82) is 0 Å². The van der Waals surface area contributed by atoms with Gasteiger partial charge in [-0.25, -0.2) is 0 Å². The predicted octanol–water partition coefficient (Wildman–Crippen LogP) is 1.67. The Morgan fingerprint density at radius 2 is 1.96 bits per heavy atom. The summed E-state index contributed by atoms with van der Waals surface area (Å²) >= 11 is 0. The van der Waals surface area contributed by atoms with Crippen molar-refractivity contribution in [2.45, 2.75) is 44.2 Å². The van der Waals surface area contributed by atoms with Crippen LogP contribution < -0.4 is 20.7 Å². The highest BCUT2D eigenvalue weighted by molar-refractivity contribution is 5.95. The number of carbonyl (C=O) groups is 2. The molecule has 1 aliphatic carbocycles. The minimum atomic E-state index is -0.179. The van der Waals surface area contributed by atoms with Crippen LogP contribution >= 0.6 is 0 Å². The lowest BCUT2D eigenvalue weighted by Crippen LogP contribution is -2.39. The molecule has 1 saturated heterocycles. The highest BCUT2D eigenvalue weighted by Gasteiger charge is 2.38. The summed E-state index contributed by atoms with van der Waals surface area (Å²) in [7, 11) is 1.57. The van der Waals surface area contributed by atoms with Gasteiger partial charge in [0.15, 0.2) is 6.61 Å². The maximum absolute atomic E-state index is 12.4. The second-order valence-corrected chi connectivity index (χ2v) is 6.58. The molecule has 3 unspecified atom stereocenters. The van der Waals surface area contributed by atoms with Crippen molar-refractivity contribution in [3.63, 3.8) is 0 Å². The van der Waals surface area contributed by atoms with E-state index in [4.69, 9.17) is 4.74 Å². The molecule has 0 radical (unpaired) electrons. The molecule has 3 atom stereocenters. The summed E-state index contributed by atoms with van der Waals surface area (Å²) in [6, 6.07) is 7.50. The zero-order valence-corrected chi connectivity index (χ0v) is 14.0. The molecule has 2 aliphatic rings. The zero-order chi connectivity index (χ0) is 16.9. The normalized spacial score (nSPS) is 25.6. The highest BCUT2D eigenvalue weighted by Crippen LogP contribution is 2.33. The van der Waals surface area contributed by atoms with E-state index in [2.05, 4.69) is 16.0 Å². The lowest BCUT2D eigenvalue weighted by Gasteiger charge is -2.24. The first kappa shape index (κ1) is 16.8. The Kier molecular flexibility index (Phi) is 5.35. The molecular formula is C18H25N3O3. The van der Waals surface area contributed by atoms with E-state index in [1.165, 1.54) is 25.7 Å². The number of nitrogens with one attached hydrogen (secondary N) is 3. The van der Waals surface area contributed by atoms with E-state index in [9.17, 15) is 9.59 Å². The molecule has 1 aliphatic heterocycles. The van der Waals surface area contributed by atoms with Crippen molar-refractivity contribution in [1.82, 2.24) is 10.6 Å². The Labute approximate surface area is 142 Å². The number of amides is 2. The Bertz CT molecular complexity index is 574. The summed E-state index contributed by atoms with van der Waals surface area (Å²) in [6.07, 6.45) is 5.91. The van der Waals surface area contributed by atoms with Gasteiger partial charge < -0.3 is 20.7 Å².